The number of hydrogen-bond acceptors (Lipinski definition) is 6. The van der Waals surface area contributed by atoms with Gasteiger partial charge in [-0.25, -0.2) is 4.79 Å². The molecule has 9 nitrogen and oxygen atoms in total. The Hall–Kier alpha value is -3.14. The van der Waals surface area contributed by atoms with Crippen LogP contribution >= 0.6 is 11.3 Å². The Morgan fingerprint density at radius 1 is 1.00 bits per heavy atom. The molecule has 28 heavy (non-hydrogen) atoms. The summed E-state index contributed by atoms with van der Waals surface area (Å²) in [6.07, 6.45) is 1.45. The molecule has 0 saturated carbocycles. The lowest BCUT2D eigenvalue weighted by Crippen LogP contribution is -2.50. The summed E-state index contributed by atoms with van der Waals surface area (Å²) in [5, 5.41) is 0.351. The number of fused-ring (bicyclic) bond motifs is 1. The number of aromatic nitrogens is 2. The SMILES string of the molecule is Cn1c(=O)c2cc(C(=O)N3CCN(C(=O)c4ccco4)CC3)sc2n(C)c1=O. The van der Waals surface area contributed by atoms with Crippen molar-refractivity contribution in [1.29, 1.82) is 0 Å². The first kappa shape index (κ1) is 18.2. The van der Waals surface area contributed by atoms with E-state index in [0.29, 0.717) is 41.3 Å². The van der Waals surface area contributed by atoms with Gasteiger partial charge >= 0.3 is 5.69 Å². The monoisotopic (exact) mass is 402 g/mol. The Labute approximate surface area is 163 Å². The molecule has 2 amide bonds. The van der Waals surface area contributed by atoms with Gasteiger partial charge in [0.2, 0.25) is 0 Å². The number of thiophene rings is 1. The van der Waals surface area contributed by atoms with Crippen LogP contribution in [0.1, 0.15) is 20.2 Å². The number of hydrogen-bond donors (Lipinski definition) is 0. The maximum Gasteiger partial charge on any atom is 0.331 e. The third kappa shape index (κ3) is 2.85. The summed E-state index contributed by atoms with van der Waals surface area (Å²) >= 11 is 1.13. The predicted octanol–water partition coefficient (Wildman–Crippen LogP) is 0.490. The van der Waals surface area contributed by atoms with E-state index in [4.69, 9.17) is 4.42 Å². The molecule has 146 valence electrons. The molecular weight excluding hydrogens is 384 g/mol. The Morgan fingerprint density at radius 2 is 1.64 bits per heavy atom. The highest BCUT2D eigenvalue weighted by Gasteiger charge is 2.28. The van der Waals surface area contributed by atoms with Crippen molar-refractivity contribution in [3.05, 3.63) is 55.9 Å². The fraction of sp³-hybridized carbons (Fsp3) is 0.333. The van der Waals surface area contributed by atoms with E-state index in [0.717, 1.165) is 15.9 Å². The van der Waals surface area contributed by atoms with Crippen molar-refractivity contribution in [2.75, 3.05) is 26.2 Å². The highest BCUT2D eigenvalue weighted by atomic mass is 32.1. The highest BCUT2D eigenvalue weighted by molar-refractivity contribution is 7.20. The van der Waals surface area contributed by atoms with Crippen molar-refractivity contribution < 1.29 is 14.0 Å². The summed E-state index contributed by atoms with van der Waals surface area (Å²) in [4.78, 5) is 53.8. The van der Waals surface area contributed by atoms with Crippen molar-refractivity contribution in [2.45, 2.75) is 0 Å². The van der Waals surface area contributed by atoms with Crippen LogP contribution in [-0.2, 0) is 14.1 Å². The topological polar surface area (TPSA) is 97.8 Å². The van der Waals surface area contributed by atoms with Crippen LogP contribution < -0.4 is 11.2 Å². The largest absolute Gasteiger partial charge is 0.459 e. The van der Waals surface area contributed by atoms with Gasteiger partial charge in [-0.15, -0.1) is 11.3 Å². The van der Waals surface area contributed by atoms with Gasteiger partial charge in [-0.1, -0.05) is 0 Å². The summed E-state index contributed by atoms with van der Waals surface area (Å²) in [6.45, 7) is 1.57. The third-order valence-electron chi connectivity index (χ3n) is 4.92. The van der Waals surface area contributed by atoms with E-state index in [2.05, 4.69) is 0 Å². The molecule has 3 aromatic rings. The van der Waals surface area contributed by atoms with Crippen LogP contribution in [0.3, 0.4) is 0 Å². The van der Waals surface area contributed by atoms with Gasteiger partial charge in [0.05, 0.1) is 16.5 Å². The van der Waals surface area contributed by atoms with Gasteiger partial charge < -0.3 is 14.2 Å². The van der Waals surface area contributed by atoms with E-state index in [1.54, 1.807) is 35.0 Å². The first-order valence-electron chi connectivity index (χ1n) is 8.70. The van der Waals surface area contributed by atoms with Gasteiger partial charge in [0.1, 0.15) is 4.83 Å². The van der Waals surface area contributed by atoms with Crippen molar-refractivity contribution in [2.24, 2.45) is 14.1 Å². The van der Waals surface area contributed by atoms with Crippen LogP contribution in [0.5, 0.6) is 0 Å². The lowest BCUT2D eigenvalue weighted by Gasteiger charge is -2.34. The summed E-state index contributed by atoms with van der Waals surface area (Å²) in [6, 6.07) is 4.82. The fourth-order valence-corrected chi connectivity index (χ4v) is 4.37. The number of furan rings is 1. The number of carbonyl (C=O) groups excluding carboxylic acids is 2. The van der Waals surface area contributed by atoms with Crippen LogP contribution in [0.15, 0.2) is 38.5 Å². The second kappa shape index (κ2) is 6.79. The van der Waals surface area contributed by atoms with E-state index in [1.807, 2.05) is 0 Å². The molecule has 1 aliphatic heterocycles. The maximum atomic E-state index is 12.9. The van der Waals surface area contributed by atoms with Crippen LogP contribution in [-0.4, -0.2) is 56.9 Å². The number of nitrogens with zero attached hydrogens (tertiary/aromatic N) is 4. The van der Waals surface area contributed by atoms with E-state index in [1.165, 1.54) is 17.9 Å². The highest BCUT2D eigenvalue weighted by Crippen LogP contribution is 2.23. The molecule has 1 fully saturated rings. The number of aryl methyl sites for hydroxylation is 1. The normalized spacial score (nSPS) is 14.6. The Balaban J connectivity index is 1.54. The molecule has 0 radical (unpaired) electrons. The molecule has 3 aromatic heterocycles. The number of piperazine rings is 1. The summed E-state index contributed by atoms with van der Waals surface area (Å²) < 4.78 is 7.54. The molecule has 0 atom stereocenters. The minimum Gasteiger partial charge on any atom is -0.459 e. The quantitative estimate of drug-likeness (QED) is 0.621. The van der Waals surface area contributed by atoms with Crippen molar-refractivity contribution >= 4 is 33.4 Å². The zero-order chi connectivity index (χ0) is 20.0. The van der Waals surface area contributed by atoms with E-state index >= 15 is 0 Å². The molecule has 4 rings (SSSR count). The zero-order valence-corrected chi connectivity index (χ0v) is 16.2. The van der Waals surface area contributed by atoms with Gasteiger partial charge in [-0.3, -0.25) is 23.5 Å². The van der Waals surface area contributed by atoms with Gasteiger partial charge in [0.25, 0.3) is 17.4 Å². The third-order valence-corrected chi connectivity index (χ3v) is 6.12. The molecule has 1 saturated heterocycles. The Bertz CT molecular complexity index is 1180. The molecule has 4 heterocycles. The van der Waals surface area contributed by atoms with Crippen LogP contribution in [0.4, 0.5) is 0 Å². The second-order valence-electron chi connectivity index (χ2n) is 6.60. The summed E-state index contributed by atoms with van der Waals surface area (Å²) in [7, 11) is 2.99. The number of rotatable bonds is 2. The first-order valence-corrected chi connectivity index (χ1v) is 9.51. The standard InChI is InChI=1S/C18H18N4O5S/c1-19-14(23)11-10-13(28-17(11)20(2)18(19)26)16(25)22-7-5-21(6-8-22)15(24)12-4-3-9-27-12/h3-4,9-10H,5-8H2,1-2H3. The average molecular weight is 402 g/mol. The molecular formula is C18H18N4O5S. The molecule has 0 aromatic carbocycles. The molecule has 0 N–H and O–H groups in total. The smallest absolute Gasteiger partial charge is 0.331 e. The minimum atomic E-state index is -0.427. The number of carbonyl (C=O) groups is 2. The van der Waals surface area contributed by atoms with Crippen LogP contribution in [0.2, 0.25) is 0 Å². The minimum absolute atomic E-state index is 0.197. The van der Waals surface area contributed by atoms with Gasteiger partial charge in [-0.05, 0) is 18.2 Å². The summed E-state index contributed by atoms with van der Waals surface area (Å²) in [5.74, 6) is -0.126. The van der Waals surface area contributed by atoms with Gasteiger partial charge in [-0.2, -0.15) is 0 Å². The van der Waals surface area contributed by atoms with Gasteiger partial charge in [0.15, 0.2) is 5.76 Å². The Kier molecular flexibility index (Phi) is 4.42. The van der Waals surface area contributed by atoms with E-state index in [-0.39, 0.29) is 17.6 Å². The first-order chi connectivity index (χ1) is 13.4. The Morgan fingerprint density at radius 3 is 2.25 bits per heavy atom. The molecule has 0 spiro atoms. The van der Waals surface area contributed by atoms with E-state index < -0.39 is 11.2 Å². The average Bonchev–Trinajstić information content (AvgIpc) is 3.40. The molecule has 0 bridgehead atoms. The fourth-order valence-electron chi connectivity index (χ4n) is 3.29. The molecule has 10 heteroatoms. The van der Waals surface area contributed by atoms with Crippen molar-refractivity contribution in [1.82, 2.24) is 18.9 Å². The zero-order valence-electron chi connectivity index (χ0n) is 15.4. The van der Waals surface area contributed by atoms with Crippen LogP contribution in [0.25, 0.3) is 10.2 Å². The molecule has 1 aliphatic rings. The molecule has 0 unspecified atom stereocenters. The predicted molar refractivity (Wildman–Crippen MR) is 103 cm³/mol. The maximum absolute atomic E-state index is 12.9. The lowest BCUT2D eigenvalue weighted by atomic mass is 10.2. The lowest BCUT2D eigenvalue weighted by molar-refractivity contribution is 0.0520. The molecule has 0 aliphatic carbocycles. The van der Waals surface area contributed by atoms with Crippen LogP contribution in [0, 0.1) is 0 Å². The van der Waals surface area contributed by atoms with E-state index in [9.17, 15) is 19.2 Å². The second-order valence-corrected chi connectivity index (χ2v) is 7.63. The van der Waals surface area contributed by atoms with Gasteiger partial charge in [0, 0.05) is 40.3 Å². The van der Waals surface area contributed by atoms with Crippen molar-refractivity contribution in [3.63, 3.8) is 0 Å². The number of amides is 2. The van der Waals surface area contributed by atoms with Crippen molar-refractivity contribution in [3.8, 4) is 0 Å². The summed E-state index contributed by atoms with van der Waals surface area (Å²) in [5.41, 5.74) is -0.842.